The average molecular weight is 531 g/mol. The molecule has 0 saturated carbocycles. The second-order valence-corrected chi connectivity index (χ2v) is 10.4. The number of primary amides is 1. The van der Waals surface area contributed by atoms with Crippen LogP contribution in [-0.4, -0.2) is 49.8 Å². The second-order valence-electron chi connectivity index (χ2n) is 8.57. The Kier molecular flexibility index (Phi) is 11.2. The van der Waals surface area contributed by atoms with E-state index in [2.05, 4.69) is 15.4 Å². The SMILES string of the molecule is CCCS(=O)(=O)N[C@H](Cc1ccccc1)C(=O)N[C@@H](CCC(N)=O)C(=O)NCc1ccc(C(=N)N)cc1. The fourth-order valence-corrected chi connectivity index (χ4v) is 4.80. The third-order valence-corrected chi connectivity index (χ3v) is 7.03. The minimum absolute atomic E-state index is 0.0596. The Morgan fingerprint density at radius 3 is 2.14 bits per heavy atom. The fraction of sp³-hybridized carbons (Fsp3) is 0.360. The van der Waals surface area contributed by atoms with Crippen molar-refractivity contribution in [2.24, 2.45) is 11.5 Å². The molecule has 0 radical (unpaired) electrons. The molecule has 2 aromatic carbocycles. The van der Waals surface area contributed by atoms with Gasteiger partial charge in [0.05, 0.1) is 5.75 Å². The Morgan fingerprint density at radius 1 is 0.919 bits per heavy atom. The molecule has 12 heteroatoms. The van der Waals surface area contributed by atoms with E-state index in [1.54, 1.807) is 61.5 Å². The molecule has 2 atom stereocenters. The van der Waals surface area contributed by atoms with Crippen LogP contribution in [0.5, 0.6) is 0 Å². The molecule has 0 fully saturated rings. The van der Waals surface area contributed by atoms with E-state index in [-0.39, 0.29) is 37.4 Å². The molecule has 0 aliphatic heterocycles. The number of nitrogens with two attached hydrogens (primary N) is 2. The van der Waals surface area contributed by atoms with Crippen LogP contribution in [0.25, 0.3) is 0 Å². The number of rotatable bonds is 15. The molecule has 37 heavy (non-hydrogen) atoms. The number of hydrogen-bond acceptors (Lipinski definition) is 6. The first-order valence-corrected chi connectivity index (χ1v) is 13.5. The standard InChI is InChI=1S/C25H34N6O5S/c1-2-14-37(35,36)31-21(15-17-6-4-3-5-7-17)25(34)30-20(12-13-22(26)32)24(33)29-16-18-8-10-19(11-9-18)23(27)28/h3-11,20-21,31H,2,12-16H2,1H3,(H2,26,32)(H3,27,28)(H,29,33)(H,30,34)/t20-,21+/m0/s1. The van der Waals surface area contributed by atoms with E-state index in [9.17, 15) is 22.8 Å². The predicted octanol–water partition coefficient (Wildman–Crippen LogP) is 0.278. The lowest BCUT2D eigenvalue weighted by atomic mass is 10.0. The number of nitrogen functional groups attached to an aromatic ring is 1. The summed E-state index contributed by atoms with van der Waals surface area (Å²) in [6.07, 6.45) is 0.223. The maximum Gasteiger partial charge on any atom is 0.242 e. The van der Waals surface area contributed by atoms with E-state index in [1.165, 1.54) is 0 Å². The summed E-state index contributed by atoms with van der Waals surface area (Å²) in [4.78, 5) is 37.5. The fourth-order valence-electron chi connectivity index (χ4n) is 3.52. The maximum absolute atomic E-state index is 13.2. The van der Waals surface area contributed by atoms with Gasteiger partial charge in [-0.3, -0.25) is 19.8 Å². The Morgan fingerprint density at radius 2 is 1.57 bits per heavy atom. The van der Waals surface area contributed by atoms with Gasteiger partial charge in [-0.05, 0) is 30.4 Å². The highest BCUT2D eigenvalue weighted by atomic mass is 32.2. The normalized spacial score (nSPS) is 12.8. The molecule has 200 valence electrons. The van der Waals surface area contributed by atoms with Gasteiger partial charge in [-0.15, -0.1) is 0 Å². The third kappa shape index (κ3) is 10.4. The Labute approximate surface area is 216 Å². The van der Waals surface area contributed by atoms with Gasteiger partial charge in [0.15, 0.2) is 0 Å². The first-order chi connectivity index (χ1) is 17.5. The van der Waals surface area contributed by atoms with Crippen LogP contribution >= 0.6 is 0 Å². The molecule has 0 saturated heterocycles. The monoisotopic (exact) mass is 530 g/mol. The zero-order valence-corrected chi connectivity index (χ0v) is 21.5. The van der Waals surface area contributed by atoms with Crippen LogP contribution in [0.3, 0.4) is 0 Å². The summed E-state index contributed by atoms with van der Waals surface area (Å²) in [6, 6.07) is 13.3. The zero-order valence-electron chi connectivity index (χ0n) is 20.7. The number of sulfonamides is 1. The minimum atomic E-state index is -3.74. The summed E-state index contributed by atoms with van der Waals surface area (Å²) in [7, 11) is -3.74. The topological polar surface area (TPSA) is 197 Å². The van der Waals surface area contributed by atoms with Gasteiger partial charge in [0.2, 0.25) is 27.7 Å². The zero-order chi connectivity index (χ0) is 27.4. The van der Waals surface area contributed by atoms with E-state index >= 15 is 0 Å². The van der Waals surface area contributed by atoms with Gasteiger partial charge in [-0.2, -0.15) is 0 Å². The Balaban J connectivity index is 2.16. The molecule has 0 aliphatic rings. The van der Waals surface area contributed by atoms with Gasteiger partial charge in [-0.25, -0.2) is 13.1 Å². The van der Waals surface area contributed by atoms with Crippen molar-refractivity contribution in [2.45, 2.75) is 51.2 Å². The summed E-state index contributed by atoms with van der Waals surface area (Å²) in [5, 5.41) is 12.7. The van der Waals surface area contributed by atoms with Gasteiger partial charge < -0.3 is 22.1 Å². The Bertz CT molecular complexity index is 1190. The van der Waals surface area contributed by atoms with Gasteiger partial charge in [0, 0.05) is 18.5 Å². The molecular formula is C25H34N6O5S. The number of carbonyl (C=O) groups is 3. The molecule has 3 amide bonds. The van der Waals surface area contributed by atoms with E-state index in [4.69, 9.17) is 16.9 Å². The van der Waals surface area contributed by atoms with Gasteiger partial charge in [-0.1, -0.05) is 61.5 Å². The smallest absolute Gasteiger partial charge is 0.242 e. The van der Waals surface area contributed by atoms with Crippen molar-refractivity contribution < 1.29 is 22.8 Å². The summed E-state index contributed by atoms with van der Waals surface area (Å²) in [5.41, 5.74) is 12.7. The minimum Gasteiger partial charge on any atom is -0.384 e. The van der Waals surface area contributed by atoms with Crippen molar-refractivity contribution >= 4 is 33.6 Å². The van der Waals surface area contributed by atoms with Crippen molar-refractivity contribution in [3.63, 3.8) is 0 Å². The summed E-state index contributed by atoms with van der Waals surface area (Å²) in [6.45, 7) is 1.83. The molecule has 0 aromatic heterocycles. The summed E-state index contributed by atoms with van der Waals surface area (Å²) in [5.74, 6) is -2.13. The molecule has 0 spiro atoms. The van der Waals surface area contributed by atoms with E-state index in [0.717, 1.165) is 11.1 Å². The molecule has 8 N–H and O–H groups in total. The molecule has 0 bridgehead atoms. The van der Waals surface area contributed by atoms with Crippen LogP contribution in [0.4, 0.5) is 0 Å². The molecule has 0 aliphatic carbocycles. The number of amidine groups is 1. The lowest BCUT2D eigenvalue weighted by Gasteiger charge is -2.23. The van der Waals surface area contributed by atoms with Gasteiger partial charge in [0.1, 0.15) is 17.9 Å². The Hall–Kier alpha value is -3.77. The number of hydrogen-bond donors (Lipinski definition) is 6. The van der Waals surface area contributed by atoms with Crippen LogP contribution < -0.4 is 26.8 Å². The largest absolute Gasteiger partial charge is 0.384 e. The van der Waals surface area contributed by atoms with E-state index < -0.39 is 39.8 Å². The molecule has 11 nitrogen and oxygen atoms in total. The van der Waals surface area contributed by atoms with Crippen LogP contribution in [0.2, 0.25) is 0 Å². The second kappa shape index (κ2) is 14.1. The van der Waals surface area contributed by atoms with E-state index in [1.807, 2.05) is 0 Å². The van der Waals surface area contributed by atoms with Crippen molar-refractivity contribution in [1.82, 2.24) is 15.4 Å². The highest BCUT2D eigenvalue weighted by molar-refractivity contribution is 7.89. The lowest BCUT2D eigenvalue weighted by molar-refractivity contribution is -0.130. The van der Waals surface area contributed by atoms with Crippen LogP contribution in [0.1, 0.15) is 42.9 Å². The maximum atomic E-state index is 13.2. The highest BCUT2D eigenvalue weighted by Crippen LogP contribution is 2.08. The number of carbonyl (C=O) groups excluding carboxylic acids is 3. The summed E-state index contributed by atoms with van der Waals surface area (Å²) >= 11 is 0. The third-order valence-electron chi connectivity index (χ3n) is 5.44. The quantitative estimate of drug-likeness (QED) is 0.141. The summed E-state index contributed by atoms with van der Waals surface area (Å²) < 4.78 is 27.3. The van der Waals surface area contributed by atoms with Crippen LogP contribution in [0.15, 0.2) is 54.6 Å². The van der Waals surface area contributed by atoms with Gasteiger partial charge >= 0.3 is 0 Å². The first-order valence-electron chi connectivity index (χ1n) is 11.8. The average Bonchev–Trinajstić information content (AvgIpc) is 2.85. The van der Waals surface area contributed by atoms with Crippen molar-refractivity contribution in [1.29, 1.82) is 5.41 Å². The van der Waals surface area contributed by atoms with Crippen LogP contribution in [-0.2, 0) is 37.4 Å². The molecule has 0 heterocycles. The van der Waals surface area contributed by atoms with Gasteiger partial charge in [0.25, 0.3) is 0 Å². The highest BCUT2D eigenvalue weighted by Gasteiger charge is 2.29. The lowest BCUT2D eigenvalue weighted by Crippen LogP contribution is -2.54. The molecule has 0 unspecified atom stereocenters. The molecular weight excluding hydrogens is 496 g/mol. The predicted molar refractivity (Wildman–Crippen MR) is 141 cm³/mol. The molecule has 2 aromatic rings. The van der Waals surface area contributed by atoms with Crippen molar-refractivity contribution in [3.05, 3.63) is 71.3 Å². The van der Waals surface area contributed by atoms with Crippen LogP contribution in [0, 0.1) is 5.41 Å². The number of benzene rings is 2. The van der Waals surface area contributed by atoms with Crippen molar-refractivity contribution in [3.8, 4) is 0 Å². The first kappa shape index (κ1) is 29.5. The number of amides is 3. The van der Waals surface area contributed by atoms with Crippen molar-refractivity contribution in [2.75, 3.05) is 5.75 Å². The molecule has 2 rings (SSSR count). The van der Waals surface area contributed by atoms with E-state index in [0.29, 0.717) is 12.0 Å². The number of nitrogens with one attached hydrogen (secondary N) is 4.